The van der Waals surface area contributed by atoms with Gasteiger partial charge in [-0.2, -0.15) is 10.2 Å². The number of hydrogen-bond acceptors (Lipinski definition) is 6. The predicted molar refractivity (Wildman–Crippen MR) is 124 cm³/mol. The van der Waals surface area contributed by atoms with Gasteiger partial charge in [-0.05, 0) is 43.3 Å². The van der Waals surface area contributed by atoms with Crippen molar-refractivity contribution < 1.29 is 17.9 Å². The zero-order valence-electron chi connectivity index (χ0n) is 17.7. The highest BCUT2D eigenvalue weighted by molar-refractivity contribution is 7.92. The molecule has 0 saturated carbocycles. The molecule has 0 unspecified atom stereocenters. The second-order valence-corrected chi connectivity index (χ2v) is 9.06. The van der Waals surface area contributed by atoms with E-state index < -0.39 is 22.5 Å². The first kappa shape index (κ1) is 23.3. The van der Waals surface area contributed by atoms with Crippen LogP contribution in [0, 0.1) is 6.92 Å². The van der Waals surface area contributed by atoms with Crippen LogP contribution in [0.5, 0.6) is 5.75 Å². The lowest BCUT2D eigenvalue weighted by atomic mass is 10.2. The fraction of sp³-hybridized carbons (Fsp3) is 0.190. The number of methoxy groups -OCH3 is 1. The van der Waals surface area contributed by atoms with Gasteiger partial charge in [-0.3, -0.25) is 9.10 Å². The second kappa shape index (κ2) is 9.84. The predicted octanol–water partition coefficient (Wildman–Crippen LogP) is 2.76. The van der Waals surface area contributed by atoms with Crippen molar-refractivity contribution >= 4 is 39.4 Å². The minimum atomic E-state index is -3.71. The Labute approximate surface area is 191 Å². The van der Waals surface area contributed by atoms with Crippen LogP contribution < -0.4 is 14.5 Å². The number of aromatic nitrogens is 2. The van der Waals surface area contributed by atoms with Crippen LogP contribution in [0.4, 0.5) is 5.69 Å². The van der Waals surface area contributed by atoms with Crippen LogP contribution in [0.15, 0.2) is 59.7 Å². The number of rotatable bonds is 8. The number of hydrazone groups is 1. The van der Waals surface area contributed by atoms with E-state index in [0.717, 1.165) is 21.9 Å². The van der Waals surface area contributed by atoms with Crippen LogP contribution in [0.25, 0.3) is 5.69 Å². The molecule has 0 atom stereocenters. The first-order chi connectivity index (χ1) is 15.2. The Bertz CT molecular complexity index is 1230. The van der Waals surface area contributed by atoms with Gasteiger partial charge in [0, 0.05) is 0 Å². The Kier molecular flexibility index (Phi) is 7.16. The molecule has 2 aromatic carbocycles. The summed E-state index contributed by atoms with van der Waals surface area (Å²) in [6.45, 7) is 1.38. The van der Waals surface area contributed by atoms with Crippen LogP contribution >= 0.6 is 11.6 Å². The van der Waals surface area contributed by atoms with E-state index in [9.17, 15) is 13.2 Å². The average Bonchev–Trinajstić information content (AvgIpc) is 3.06. The van der Waals surface area contributed by atoms with Crippen LogP contribution in [0.1, 0.15) is 11.3 Å². The summed E-state index contributed by atoms with van der Waals surface area (Å²) in [6.07, 6.45) is 2.40. The maximum Gasteiger partial charge on any atom is 0.260 e. The number of ether oxygens (including phenoxy) is 1. The van der Waals surface area contributed by atoms with Gasteiger partial charge in [0.05, 0.1) is 42.2 Å². The van der Waals surface area contributed by atoms with Crippen molar-refractivity contribution in [1.29, 1.82) is 0 Å². The van der Waals surface area contributed by atoms with Gasteiger partial charge >= 0.3 is 0 Å². The molecule has 9 nitrogen and oxygen atoms in total. The zero-order valence-corrected chi connectivity index (χ0v) is 19.3. The normalized spacial score (nSPS) is 11.5. The summed E-state index contributed by atoms with van der Waals surface area (Å²) in [7, 11) is -2.20. The van der Waals surface area contributed by atoms with Gasteiger partial charge in [0.15, 0.2) is 5.15 Å². The van der Waals surface area contributed by atoms with Crippen molar-refractivity contribution in [3.63, 3.8) is 0 Å². The molecule has 0 aliphatic heterocycles. The van der Waals surface area contributed by atoms with Gasteiger partial charge in [-0.25, -0.2) is 18.5 Å². The molecule has 11 heteroatoms. The molecule has 1 amide bonds. The minimum absolute atomic E-state index is 0.223. The lowest BCUT2D eigenvalue weighted by Crippen LogP contribution is -2.39. The van der Waals surface area contributed by atoms with Gasteiger partial charge < -0.3 is 4.74 Å². The molecule has 0 fully saturated rings. The van der Waals surface area contributed by atoms with Crippen LogP contribution in [-0.4, -0.2) is 50.2 Å². The molecule has 0 spiro atoms. The molecule has 0 bridgehead atoms. The van der Waals surface area contributed by atoms with Crippen molar-refractivity contribution in [1.82, 2.24) is 15.2 Å². The maximum absolute atomic E-state index is 12.4. The van der Waals surface area contributed by atoms with Crippen LogP contribution in [0.3, 0.4) is 0 Å². The molecule has 0 aliphatic rings. The number of benzene rings is 2. The summed E-state index contributed by atoms with van der Waals surface area (Å²) >= 11 is 6.23. The number of carbonyl (C=O) groups excluding carboxylic acids is 1. The third-order valence-corrected chi connectivity index (χ3v) is 5.97. The van der Waals surface area contributed by atoms with E-state index in [4.69, 9.17) is 16.3 Å². The van der Waals surface area contributed by atoms with Gasteiger partial charge in [-0.15, -0.1) is 0 Å². The Hall–Kier alpha value is -3.37. The smallest absolute Gasteiger partial charge is 0.260 e. The third-order valence-electron chi connectivity index (χ3n) is 4.55. The number of para-hydroxylation sites is 1. The highest BCUT2D eigenvalue weighted by Crippen LogP contribution is 2.22. The van der Waals surface area contributed by atoms with E-state index in [0.29, 0.717) is 17.0 Å². The standard InChI is InChI=1S/C21H22ClN5O4S/c1-15-19(21(22)25-27(15)17-7-5-4-6-8-17)13-23-24-20(28)14-26(32(3,29)30)16-9-11-18(31-2)12-10-16/h4-13H,14H2,1-3H3,(H,24,28)/b23-13-. The van der Waals surface area contributed by atoms with E-state index in [1.54, 1.807) is 28.9 Å². The topological polar surface area (TPSA) is 106 Å². The van der Waals surface area contributed by atoms with E-state index in [1.165, 1.54) is 13.3 Å². The monoisotopic (exact) mass is 475 g/mol. The van der Waals surface area contributed by atoms with E-state index in [1.807, 2.05) is 37.3 Å². The number of nitrogens with one attached hydrogen (secondary N) is 1. The largest absolute Gasteiger partial charge is 0.497 e. The van der Waals surface area contributed by atoms with Crippen LogP contribution in [-0.2, 0) is 14.8 Å². The molecule has 0 saturated heterocycles. The average molecular weight is 476 g/mol. The molecule has 32 heavy (non-hydrogen) atoms. The number of hydrogen-bond donors (Lipinski definition) is 1. The fourth-order valence-electron chi connectivity index (χ4n) is 2.93. The van der Waals surface area contributed by atoms with Gasteiger partial charge in [-0.1, -0.05) is 29.8 Å². The Morgan fingerprint density at radius 3 is 2.47 bits per heavy atom. The third kappa shape index (κ3) is 5.45. The van der Waals surface area contributed by atoms with Gasteiger partial charge in [0.2, 0.25) is 10.0 Å². The molecule has 1 aromatic heterocycles. The molecule has 0 aliphatic carbocycles. The highest BCUT2D eigenvalue weighted by Gasteiger charge is 2.21. The number of sulfonamides is 1. The van der Waals surface area contributed by atoms with E-state index in [-0.39, 0.29) is 5.15 Å². The van der Waals surface area contributed by atoms with Crippen molar-refractivity contribution in [3.05, 3.63) is 71.0 Å². The molecule has 1 N–H and O–H groups in total. The number of halogens is 1. The summed E-state index contributed by atoms with van der Waals surface area (Å²) < 4.78 is 32.1. The number of nitrogens with zero attached hydrogens (tertiary/aromatic N) is 4. The van der Waals surface area contributed by atoms with Crippen LogP contribution in [0.2, 0.25) is 5.15 Å². The summed E-state index contributed by atoms with van der Waals surface area (Å²) in [6, 6.07) is 15.8. The Morgan fingerprint density at radius 1 is 1.22 bits per heavy atom. The summed E-state index contributed by atoms with van der Waals surface area (Å²) in [5.41, 5.74) is 4.76. The van der Waals surface area contributed by atoms with E-state index >= 15 is 0 Å². The molecule has 168 valence electrons. The first-order valence-corrected chi connectivity index (χ1v) is 11.7. The minimum Gasteiger partial charge on any atom is -0.497 e. The molecule has 3 rings (SSSR count). The van der Waals surface area contributed by atoms with Crippen molar-refractivity contribution in [3.8, 4) is 11.4 Å². The molecular formula is C21H22ClN5O4S. The highest BCUT2D eigenvalue weighted by atomic mass is 35.5. The number of carbonyl (C=O) groups is 1. The van der Waals surface area contributed by atoms with Gasteiger partial charge in [0.1, 0.15) is 12.3 Å². The first-order valence-electron chi connectivity index (χ1n) is 9.45. The SMILES string of the molecule is COc1ccc(N(CC(=O)N/N=C\c2c(Cl)nn(-c3ccccc3)c2C)S(C)(=O)=O)cc1. The summed E-state index contributed by atoms with van der Waals surface area (Å²) in [4.78, 5) is 12.4. The maximum atomic E-state index is 12.4. The zero-order chi connectivity index (χ0) is 23.3. The molecule has 3 aromatic rings. The number of anilines is 1. The molecule has 1 heterocycles. The lowest BCUT2D eigenvalue weighted by Gasteiger charge is -2.21. The van der Waals surface area contributed by atoms with Gasteiger partial charge in [0.25, 0.3) is 5.91 Å². The van der Waals surface area contributed by atoms with Crippen molar-refractivity contribution in [2.45, 2.75) is 6.92 Å². The van der Waals surface area contributed by atoms with E-state index in [2.05, 4.69) is 15.6 Å². The van der Waals surface area contributed by atoms with Crippen molar-refractivity contribution in [2.75, 3.05) is 24.2 Å². The molecule has 0 radical (unpaired) electrons. The summed E-state index contributed by atoms with van der Waals surface area (Å²) in [5.74, 6) is -0.0498. The molecular weight excluding hydrogens is 454 g/mol. The number of amides is 1. The Morgan fingerprint density at radius 2 is 1.88 bits per heavy atom. The Balaban J connectivity index is 1.72. The quantitative estimate of drug-likeness (QED) is 0.398. The summed E-state index contributed by atoms with van der Waals surface area (Å²) in [5, 5.41) is 8.44. The fourth-order valence-corrected chi connectivity index (χ4v) is 4.05. The second-order valence-electron chi connectivity index (χ2n) is 6.80. The lowest BCUT2D eigenvalue weighted by molar-refractivity contribution is -0.119. The van der Waals surface area contributed by atoms with Crippen molar-refractivity contribution in [2.24, 2.45) is 5.10 Å².